The van der Waals surface area contributed by atoms with Crippen molar-refractivity contribution in [1.82, 2.24) is 0 Å². The molecule has 0 bridgehead atoms. The van der Waals surface area contributed by atoms with Crippen molar-refractivity contribution in [1.29, 1.82) is 0 Å². The quantitative estimate of drug-likeness (QED) is 0.168. The molecule has 2 aromatic heterocycles. The molecule has 0 saturated heterocycles. The molecule has 3 nitrogen and oxygen atoms in total. The van der Waals surface area contributed by atoms with Gasteiger partial charge in [-0.3, -0.25) is 0 Å². The van der Waals surface area contributed by atoms with E-state index in [2.05, 4.69) is 217 Å². The van der Waals surface area contributed by atoms with E-state index in [4.69, 9.17) is 8.83 Å². The zero-order chi connectivity index (χ0) is 40.8. The Labute approximate surface area is 358 Å². The maximum absolute atomic E-state index is 6.60. The first kappa shape index (κ1) is 34.7. The molecular weight excluding hydrogens is 755 g/mol. The van der Waals surface area contributed by atoms with Crippen molar-refractivity contribution in [3.05, 3.63) is 247 Å². The van der Waals surface area contributed by atoms with Gasteiger partial charge >= 0.3 is 0 Å². The van der Waals surface area contributed by atoms with Crippen LogP contribution in [0.1, 0.15) is 22.3 Å². The summed E-state index contributed by atoms with van der Waals surface area (Å²) < 4.78 is 13.0. The van der Waals surface area contributed by atoms with E-state index in [9.17, 15) is 0 Å². The normalized spacial score (nSPS) is 13.0. The molecule has 290 valence electrons. The molecule has 0 radical (unpaired) electrons. The molecule has 1 aliphatic carbocycles. The fraction of sp³-hybridized carbons (Fsp3) is 0.0169. The second kappa shape index (κ2) is 13.4. The summed E-state index contributed by atoms with van der Waals surface area (Å²) in [4.78, 5) is 2.37. The van der Waals surface area contributed by atoms with E-state index in [1.54, 1.807) is 0 Å². The minimum atomic E-state index is -0.488. The monoisotopic (exact) mass is 791 g/mol. The van der Waals surface area contributed by atoms with Crippen molar-refractivity contribution < 1.29 is 8.83 Å². The highest BCUT2D eigenvalue weighted by Gasteiger charge is 2.46. The number of rotatable bonds is 6. The lowest BCUT2D eigenvalue weighted by Gasteiger charge is -2.35. The Balaban J connectivity index is 0.916. The second-order valence-corrected chi connectivity index (χ2v) is 16.4. The molecule has 0 amide bonds. The van der Waals surface area contributed by atoms with Gasteiger partial charge in [-0.05, 0) is 123 Å². The molecule has 62 heavy (non-hydrogen) atoms. The Bertz CT molecular complexity index is 3650. The molecule has 0 N–H and O–H groups in total. The van der Waals surface area contributed by atoms with Crippen molar-refractivity contribution in [2.75, 3.05) is 4.90 Å². The van der Waals surface area contributed by atoms with Crippen molar-refractivity contribution in [2.45, 2.75) is 5.41 Å². The van der Waals surface area contributed by atoms with Gasteiger partial charge in [0.15, 0.2) is 0 Å². The summed E-state index contributed by atoms with van der Waals surface area (Å²) in [7, 11) is 0. The summed E-state index contributed by atoms with van der Waals surface area (Å²) in [6.07, 6.45) is 0. The van der Waals surface area contributed by atoms with E-state index in [1.807, 2.05) is 12.1 Å². The van der Waals surface area contributed by atoms with Gasteiger partial charge in [0.25, 0.3) is 0 Å². The van der Waals surface area contributed by atoms with Gasteiger partial charge in [0.05, 0.1) is 5.41 Å². The predicted molar refractivity (Wildman–Crippen MR) is 256 cm³/mol. The highest BCUT2D eigenvalue weighted by molar-refractivity contribution is 6.22. The number of nitrogens with zero attached hydrogens (tertiary/aromatic N) is 1. The van der Waals surface area contributed by atoms with Crippen molar-refractivity contribution in [3.8, 4) is 22.3 Å². The average Bonchev–Trinajstić information content (AvgIpc) is 4.01. The van der Waals surface area contributed by atoms with Crippen LogP contribution in [0.15, 0.2) is 233 Å². The van der Waals surface area contributed by atoms with E-state index in [0.29, 0.717) is 0 Å². The lowest BCUT2D eigenvalue weighted by atomic mass is 9.67. The molecule has 0 atom stereocenters. The number of furan rings is 2. The van der Waals surface area contributed by atoms with Gasteiger partial charge in [0, 0.05) is 49.4 Å². The summed E-state index contributed by atoms with van der Waals surface area (Å²) in [5, 5.41) is 6.55. The molecular formula is C59H37NO2. The maximum atomic E-state index is 6.60. The molecule has 0 unspecified atom stereocenters. The Hall–Kier alpha value is -8.14. The van der Waals surface area contributed by atoms with E-state index >= 15 is 0 Å². The molecule has 10 aromatic carbocycles. The third kappa shape index (κ3) is 5.00. The van der Waals surface area contributed by atoms with Crippen LogP contribution in [0.3, 0.4) is 0 Å². The minimum Gasteiger partial charge on any atom is -0.455 e. The van der Waals surface area contributed by atoms with Gasteiger partial charge in [-0.25, -0.2) is 0 Å². The molecule has 0 aliphatic heterocycles. The van der Waals surface area contributed by atoms with Crippen LogP contribution in [0.5, 0.6) is 0 Å². The number of para-hydroxylation sites is 2. The van der Waals surface area contributed by atoms with Crippen molar-refractivity contribution >= 4 is 71.7 Å². The number of hydrogen-bond donors (Lipinski definition) is 0. The van der Waals surface area contributed by atoms with E-state index < -0.39 is 5.41 Å². The Morgan fingerprint density at radius 1 is 0.306 bits per heavy atom. The van der Waals surface area contributed by atoms with Crippen LogP contribution < -0.4 is 4.90 Å². The van der Waals surface area contributed by atoms with Crippen LogP contribution >= 0.6 is 0 Å². The van der Waals surface area contributed by atoms with Crippen LogP contribution in [-0.2, 0) is 5.41 Å². The van der Waals surface area contributed by atoms with Gasteiger partial charge in [-0.2, -0.15) is 0 Å². The largest absolute Gasteiger partial charge is 0.455 e. The molecule has 0 spiro atoms. The first-order chi connectivity index (χ1) is 30.7. The van der Waals surface area contributed by atoms with E-state index in [0.717, 1.165) is 82.8 Å². The van der Waals surface area contributed by atoms with Crippen molar-refractivity contribution in [3.63, 3.8) is 0 Å². The molecule has 3 heteroatoms. The Kier molecular flexibility index (Phi) is 7.52. The Morgan fingerprint density at radius 3 is 1.50 bits per heavy atom. The van der Waals surface area contributed by atoms with Crippen LogP contribution in [-0.4, -0.2) is 0 Å². The molecule has 1 aliphatic rings. The van der Waals surface area contributed by atoms with Gasteiger partial charge in [0.2, 0.25) is 0 Å². The molecule has 12 aromatic rings. The SMILES string of the molecule is c1ccc(N(c2ccc(-c3ccc4oc5c(ccc6c5ccc5c7ccccc7oc56)c4c3)cc2)c2cccc(C3(c4ccccc4)c4ccccc4-c4ccccc43)c2)cc1. The first-order valence-electron chi connectivity index (χ1n) is 21.2. The fourth-order valence-electron chi connectivity index (χ4n) is 10.4. The van der Waals surface area contributed by atoms with Crippen LogP contribution in [0, 0.1) is 0 Å². The van der Waals surface area contributed by atoms with Crippen LogP contribution in [0.4, 0.5) is 17.1 Å². The molecule has 0 fully saturated rings. The zero-order valence-corrected chi connectivity index (χ0v) is 33.6. The van der Waals surface area contributed by atoms with Crippen LogP contribution in [0.2, 0.25) is 0 Å². The molecule has 13 rings (SSSR count). The van der Waals surface area contributed by atoms with Crippen LogP contribution in [0.25, 0.3) is 76.9 Å². The number of fused-ring (bicyclic) bond motifs is 12. The highest BCUT2D eigenvalue weighted by Crippen LogP contribution is 2.56. The third-order valence-corrected chi connectivity index (χ3v) is 13.1. The summed E-state index contributed by atoms with van der Waals surface area (Å²) in [5.74, 6) is 0. The number of hydrogen-bond acceptors (Lipinski definition) is 3. The highest BCUT2D eigenvalue weighted by atomic mass is 16.3. The summed E-state index contributed by atoms with van der Waals surface area (Å²) in [6, 6.07) is 81.1. The average molecular weight is 792 g/mol. The lowest BCUT2D eigenvalue weighted by molar-refractivity contribution is 0.669. The minimum absolute atomic E-state index is 0.488. The maximum Gasteiger partial charge on any atom is 0.143 e. The number of benzene rings is 10. The summed E-state index contributed by atoms with van der Waals surface area (Å²) in [6.45, 7) is 0. The van der Waals surface area contributed by atoms with Gasteiger partial charge in [-0.15, -0.1) is 0 Å². The molecule has 0 saturated carbocycles. The standard InChI is InChI=1S/C59H37NO2/c1-3-14-40(15-4-1)59(53-23-10-7-20-45(53)46-21-8-11-24-54(46)59)41-16-13-19-44(37-41)60(42-17-5-2-6-18-42)43-29-26-38(27-30-43)39-28-35-56-52(36-39)51-34-33-49-50(58(51)62-56)32-31-48-47-22-9-12-25-55(47)61-57(48)49/h1-37H. The van der Waals surface area contributed by atoms with Crippen molar-refractivity contribution in [2.24, 2.45) is 0 Å². The van der Waals surface area contributed by atoms with Gasteiger partial charge in [0.1, 0.15) is 22.3 Å². The summed E-state index contributed by atoms with van der Waals surface area (Å²) >= 11 is 0. The topological polar surface area (TPSA) is 29.5 Å². The second-order valence-electron chi connectivity index (χ2n) is 16.4. The summed E-state index contributed by atoms with van der Waals surface area (Å²) in [5.41, 5.74) is 16.3. The lowest BCUT2D eigenvalue weighted by Crippen LogP contribution is -2.28. The Morgan fingerprint density at radius 2 is 0.806 bits per heavy atom. The van der Waals surface area contributed by atoms with Gasteiger partial charge < -0.3 is 13.7 Å². The smallest absolute Gasteiger partial charge is 0.143 e. The van der Waals surface area contributed by atoms with E-state index in [1.165, 1.54) is 33.4 Å². The number of anilines is 3. The third-order valence-electron chi connectivity index (χ3n) is 13.1. The van der Waals surface area contributed by atoms with E-state index in [-0.39, 0.29) is 0 Å². The first-order valence-corrected chi connectivity index (χ1v) is 21.2. The zero-order valence-electron chi connectivity index (χ0n) is 33.6. The van der Waals surface area contributed by atoms with Gasteiger partial charge in [-0.1, -0.05) is 146 Å². The molecule has 2 heterocycles. The predicted octanol–water partition coefficient (Wildman–Crippen LogP) is 16.1. The fourth-order valence-corrected chi connectivity index (χ4v) is 10.4.